The Hall–Kier alpha value is -2.89. The number of rotatable bonds is 6. The number of carboxylic acids is 1. The highest BCUT2D eigenvalue weighted by Crippen LogP contribution is 2.62. The molecule has 6 heteroatoms. The van der Waals surface area contributed by atoms with Crippen LogP contribution in [-0.2, 0) is 27.2 Å². The maximum Gasteiger partial charge on any atom is 0.309 e. The van der Waals surface area contributed by atoms with Gasteiger partial charge in [0.15, 0.2) is 0 Å². The molecule has 4 atom stereocenters. The zero-order valence-corrected chi connectivity index (χ0v) is 21.9. The standard InChI is InChI=1S/C30H38O6/c1-18-7-14-27-29(4,15-6-16-30(27,5)28(33)34)24(18)11-9-21-8-10-22-23(17-21)26(36-20(3)32)13-12-25(22)35-19(2)31/h8,12-13,24,27H,1,6-7,9-11,14-17H2,2-5H3,(H,33,34)/t24-,27?,29+,30-/m0/s1. The lowest BCUT2D eigenvalue weighted by molar-refractivity contribution is -0.164. The van der Waals surface area contributed by atoms with Gasteiger partial charge in [-0.15, -0.1) is 0 Å². The zero-order valence-electron chi connectivity index (χ0n) is 21.9. The molecule has 1 unspecified atom stereocenters. The minimum absolute atomic E-state index is 0.0702. The van der Waals surface area contributed by atoms with E-state index in [1.165, 1.54) is 25.0 Å². The van der Waals surface area contributed by atoms with Crippen LogP contribution in [-0.4, -0.2) is 23.0 Å². The van der Waals surface area contributed by atoms with Crippen molar-refractivity contribution in [2.24, 2.45) is 22.7 Å². The van der Waals surface area contributed by atoms with Crippen LogP contribution in [0.1, 0.15) is 83.8 Å². The van der Waals surface area contributed by atoms with Crippen molar-refractivity contribution in [1.29, 1.82) is 0 Å². The molecule has 2 fully saturated rings. The van der Waals surface area contributed by atoms with Crippen molar-refractivity contribution in [1.82, 2.24) is 0 Å². The number of carboxylic acid groups (broad SMARTS) is 1. The van der Waals surface area contributed by atoms with E-state index in [1.54, 1.807) is 12.1 Å². The van der Waals surface area contributed by atoms with E-state index in [9.17, 15) is 19.5 Å². The molecule has 4 rings (SSSR count). The largest absolute Gasteiger partial charge is 0.481 e. The molecule has 36 heavy (non-hydrogen) atoms. The lowest BCUT2D eigenvalue weighted by atomic mass is 9.46. The molecular weight excluding hydrogens is 456 g/mol. The van der Waals surface area contributed by atoms with E-state index < -0.39 is 11.4 Å². The maximum atomic E-state index is 12.3. The van der Waals surface area contributed by atoms with Gasteiger partial charge in [0.05, 0.1) is 5.41 Å². The fourth-order valence-corrected chi connectivity index (χ4v) is 7.37. The number of fused-ring (bicyclic) bond motifs is 2. The highest BCUT2D eigenvalue weighted by atomic mass is 16.5. The van der Waals surface area contributed by atoms with Crippen LogP contribution in [0.3, 0.4) is 0 Å². The zero-order chi connectivity index (χ0) is 26.3. The van der Waals surface area contributed by atoms with Gasteiger partial charge in [-0.3, -0.25) is 14.4 Å². The quantitative estimate of drug-likeness (QED) is 0.287. The van der Waals surface area contributed by atoms with Crippen LogP contribution in [0, 0.1) is 22.7 Å². The second kappa shape index (κ2) is 9.87. The molecule has 0 aliphatic heterocycles. The first-order chi connectivity index (χ1) is 17.0. The van der Waals surface area contributed by atoms with Crippen molar-refractivity contribution in [2.75, 3.05) is 0 Å². The number of benzene rings is 1. The number of ether oxygens (including phenoxy) is 2. The van der Waals surface area contributed by atoms with Crippen molar-refractivity contribution < 1.29 is 29.0 Å². The van der Waals surface area contributed by atoms with E-state index >= 15 is 0 Å². The molecule has 0 aromatic heterocycles. The topological polar surface area (TPSA) is 89.9 Å². The Bertz CT molecular complexity index is 1130. The van der Waals surface area contributed by atoms with Crippen molar-refractivity contribution in [2.45, 2.75) is 85.5 Å². The summed E-state index contributed by atoms with van der Waals surface area (Å²) in [6.07, 6.45) is 9.71. The van der Waals surface area contributed by atoms with E-state index in [1.807, 2.05) is 6.92 Å². The summed E-state index contributed by atoms with van der Waals surface area (Å²) >= 11 is 0. The molecule has 0 heterocycles. The van der Waals surface area contributed by atoms with Gasteiger partial charge in [0.25, 0.3) is 0 Å². The molecule has 1 N–H and O–H groups in total. The van der Waals surface area contributed by atoms with Gasteiger partial charge in [0, 0.05) is 25.0 Å². The van der Waals surface area contributed by atoms with Gasteiger partial charge in [-0.05, 0) is 87.7 Å². The van der Waals surface area contributed by atoms with Crippen LogP contribution in [0.2, 0.25) is 0 Å². The molecule has 3 aliphatic carbocycles. The van der Waals surface area contributed by atoms with Gasteiger partial charge in [-0.2, -0.15) is 0 Å². The van der Waals surface area contributed by atoms with Crippen LogP contribution < -0.4 is 9.47 Å². The maximum absolute atomic E-state index is 12.3. The van der Waals surface area contributed by atoms with Crippen molar-refractivity contribution >= 4 is 17.9 Å². The fraction of sp³-hybridized carbons (Fsp3) is 0.567. The van der Waals surface area contributed by atoms with E-state index in [4.69, 9.17) is 9.47 Å². The molecule has 0 radical (unpaired) electrons. The smallest absolute Gasteiger partial charge is 0.309 e. The lowest BCUT2D eigenvalue weighted by Crippen LogP contribution is -2.53. The number of aliphatic carboxylic acids is 1. The van der Waals surface area contributed by atoms with Crippen LogP contribution in [0.5, 0.6) is 11.5 Å². The Labute approximate surface area is 213 Å². The van der Waals surface area contributed by atoms with Crippen LogP contribution in [0.25, 0.3) is 0 Å². The third kappa shape index (κ3) is 4.74. The normalized spacial score (nSPS) is 29.4. The molecule has 6 nitrogen and oxygen atoms in total. The fourth-order valence-electron chi connectivity index (χ4n) is 7.37. The van der Waals surface area contributed by atoms with Crippen LogP contribution in [0.15, 0.2) is 35.9 Å². The third-order valence-corrected chi connectivity index (χ3v) is 9.11. The molecule has 194 valence electrons. The van der Waals surface area contributed by atoms with Gasteiger partial charge in [-0.25, -0.2) is 0 Å². The van der Waals surface area contributed by atoms with Gasteiger partial charge < -0.3 is 14.6 Å². The molecule has 2 saturated carbocycles. The summed E-state index contributed by atoms with van der Waals surface area (Å²) in [5, 5.41) is 10.1. The Morgan fingerprint density at radius 2 is 1.69 bits per heavy atom. The van der Waals surface area contributed by atoms with Crippen LogP contribution in [0.4, 0.5) is 0 Å². The Morgan fingerprint density at radius 3 is 2.31 bits per heavy atom. The monoisotopic (exact) mass is 494 g/mol. The first-order valence-corrected chi connectivity index (χ1v) is 13.1. The van der Waals surface area contributed by atoms with E-state index in [0.717, 1.165) is 56.1 Å². The first-order valence-electron chi connectivity index (χ1n) is 13.1. The predicted octanol–water partition coefficient (Wildman–Crippen LogP) is 6.21. The van der Waals surface area contributed by atoms with E-state index in [2.05, 4.69) is 19.6 Å². The Balaban J connectivity index is 1.56. The lowest BCUT2D eigenvalue weighted by Gasteiger charge is -2.57. The molecule has 3 aliphatic rings. The van der Waals surface area contributed by atoms with Crippen molar-refractivity contribution in [3.63, 3.8) is 0 Å². The molecule has 0 saturated heterocycles. The number of hydrogen-bond donors (Lipinski definition) is 1. The molecule has 1 aromatic rings. The number of carbonyl (C=O) groups excluding carboxylic acids is 2. The summed E-state index contributed by atoms with van der Waals surface area (Å²) in [6.45, 7) is 11.4. The SMILES string of the molecule is C=C1CCC2[C@](C)(CCC[C@]2(C)C(=O)O)[C@H]1CCC1=CCc2c(OC(C)=O)ccc(OC(C)=O)c2C1. The third-order valence-electron chi connectivity index (χ3n) is 9.11. The second-order valence-electron chi connectivity index (χ2n) is 11.4. The molecular formula is C30H38O6. The highest BCUT2D eigenvalue weighted by Gasteiger charge is 2.57. The number of hydrogen-bond acceptors (Lipinski definition) is 5. The number of carbonyl (C=O) groups is 3. The predicted molar refractivity (Wildman–Crippen MR) is 137 cm³/mol. The molecule has 0 amide bonds. The summed E-state index contributed by atoms with van der Waals surface area (Å²) in [5.74, 6) is 0.00863. The van der Waals surface area contributed by atoms with Gasteiger partial charge in [0.1, 0.15) is 11.5 Å². The summed E-state index contributed by atoms with van der Waals surface area (Å²) < 4.78 is 10.9. The molecule has 1 aromatic carbocycles. The van der Waals surface area contributed by atoms with E-state index in [0.29, 0.717) is 24.3 Å². The summed E-state index contributed by atoms with van der Waals surface area (Å²) in [5.41, 5.74) is 3.53. The van der Waals surface area contributed by atoms with Gasteiger partial charge >= 0.3 is 17.9 Å². The second-order valence-corrected chi connectivity index (χ2v) is 11.4. The number of allylic oxidation sites excluding steroid dienone is 3. The van der Waals surface area contributed by atoms with Gasteiger partial charge in [-0.1, -0.05) is 37.1 Å². The summed E-state index contributed by atoms with van der Waals surface area (Å²) in [7, 11) is 0. The average molecular weight is 495 g/mol. The average Bonchev–Trinajstić information content (AvgIpc) is 2.79. The molecule has 0 bridgehead atoms. The minimum Gasteiger partial charge on any atom is -0.481 e. The van der Waals surface area contributed by atoms with E-state index in [-0.39, 0.29) is 29.2 Å². The summed E-state index contributed by atoms with van der Waals surface area (Å²) in [6, 6.07) is 3.39. The van der Waals surface area contributed by atoms with Crippen LogP contribution >= 0.6 is 0 Å². The highest BCUT2D eigenvalue weighted by molar-refractivity contribution is 5.75. The molecule has 0 spiro atoms. The van der Waals surface area contributed by atoms with Crippen molar-refractivity contribution in [3.05, 3.63) is 47.1 Å². The summed E-state index contributed by atoms with van der Waals surface area (Å²) in [4.78, 5) is 35.6. The number of esters is 2. The Morgan fingerprint density at radius 1 is 1.06 bits per heavy atom. The first kappa shape index (κ1) is 26.2. The van der Waals surface area contributed by atoms with Gasteiger partial charge in [0.2, 0.25) is 0 Å². The Kier molecular flexibility index (Phi) is 7.18. The van der Waals surface area contributed by atoms with Crippen molar-refractivity contribution in [3.8, 4) is 11.5 Å². The minimum atomic E-state index is -0.680.